The predicted molar refractivity (Wildman–Crippen MR) is 58.5 cm³/mol. The van der Waals surface area contributed by atoms with Crippen molar-refractivity contribution in [2.75, 3.05) is 13.1 Å². The molecule has 0 radical (unpaired) electrons. The second-order valence-electron chi connectivity index (χ2n) is 3.67. The molecule has 0 aliphatic carbocycles. The van der Waals surface area contributed by atoms with Crippen molar-refractivity contribution in [2.45, 2.75) is 25.8 Å². The van der Waals surface area contributed by atoms with Gasteiger partial charge in [-0.15, -0.1) is 0 Å². The maximum atomic E-state index is 6.09. The highest BCUT2D eigenvalue weighted by molar-refractivity contribution is 6.30. The first-order valence-electron chi connectivity index (χ1n) is 5.17. The standard InChI is InChI=1S/C11H15ClN2/c1-2-14-8-4-6-10(14)9-5-3-7-13-11(9)12/h3,5,7,10H,2,4,6,8H2,1H3. The number of hydrogen-bond donors (Lipinski definition) is 0. The summed E-state index contributed by atoms with van der Waals surface area (Å²) in [5.74, 6) is 0. The van der Waals surface area contributed by atoms with Crippen LogP contribution in [0.15, 0.2) is 18.3 Å². The zero-order chi connectivity index (χ0) is 9.97. The summed E-state index contributed by atoms with van der Waals surface area (Å²) >= 11 is 6.09. The van der Waals surface area contributed by atoms with Crippen LogP contribution in [0, 0.1) is 0 Å². The first kappa shape index (κ1) is 9.94. The molecule has 0 N–H and O–H groups in total. The van der Waals surface area contributed by atoms with Crippen LogP contribution in [-0.4, -0.2) is 23.0 Å². The Kier molecular flexibility index (Phi) is 3.04. The van der Waals surface area contributed by atoms with Crippen LogP contribution in [0.25, 0.3) is 0 Å². The van der Waals surface area contributed by atoms with Crippen LogP contribution >= 0.6 is 11.6 Å². The van der Waals surface area contributed by atoms with Crippen molar-refractivity contribution in [3.63, 3.8) is 0 Å². The quantitative estimate of drug-likeness (QED) is 0.698. The van der Waals surface area contributed by atoms with E-state index in [9.17, 15) is 0 Å². The summed E-state index contributed by atoms with van der Waals surface area (Å²) in [6, 6.07) is 4.54. The molecular weight excluding hydrogens is 196 g/mol. The molecule has 0 saturated carbocycles. The summed E-state index contributed by atoms with van der Waals surface area (Å²) in [5.41, 5.74) is 1.19. The van der Waals surface area contributed by atoms with Gasteiger partial charge in [-0.2, -0.15) is 0 Å². The summed E-state index contributed by atoms with van der Waals surface area (Å²) in [7, 11) is 0. The molecule has 2 heterocycles. The fourth-order valence-electron chi connectivity index (χ4n) is 2.20. The topological polar surface area (TPSA) is 16.1 Å². The lowest BCUT2D eigenvalue weighted by Gasteiger charge is -2.23. The summed E-state index contributed by atoms with van der Waals surface area (Å²) in [6.45, 7) is 4.48. The van der Waals surface area contributed by atoms with Crippen molar-refractivity contribution in [3.8, 4) is 0 Å². The first-order chi connectivity index (χ1) is 6.83. The molecule has 2 nitrogen and oxygen atoms in total. The third-order valence-corrected chi connectivity index (χ3v) is 3.23. The second kappa shape index (κ2) is 4.28. The van der Waals surface area contributed by atoms with Gasteiger partial charge in [-0.3, -0.25) is 4.90 Å². The average molecular weight is 211 g/mol. The first-order valence-corrected chi connectivity index (χ1v) is 5.55. The molecule has 3 heteroatoms. The van der Waals surface area contributed by atoms with Crippen molar-refractivity contribution in [2.24, 2.45) is 0 Å². The summed E-state index contributed by atoms with van der Waals surface area (Å²) in [5, 5.41) is 0.665. The fourth-order valence-corrected chi connectivity index (χ4v) is 2.45. The van der Waals surface area contributed by atoms with E-state index in [2.05, 4.69) is 22.9 Å². The van der Waals surface area contributed by atoms with Gasteiger partial charge < -0.3 is 0 Å². The van der Waals surface area contributed by atoms with E-state index in [0.29, 0.717) is 11.2 Å². The van der Waals surface area contributed by atoms with Crippen LogP contribution < -0.4 is 0 Å². The Balaban J connectivity index is 2.26. The zero-order valence-electron chi connectivity index (χ0n) is 8.41. The van der Waals surface area contributed by atoms with Crippen LogP contribution in [0.4, 0.5) is 0 Å². The monoisotopic (exact) mass is 210 g/mol. The SMILES string of the molecule is CCN1CCCC1c1cccnc1Cl. The highest BCUT2D eigenvalue weighted by atomic mass is 35.5. The number of nitrogens with zero attached hydrogens (tertiary/aromatic N) is 2. The molecule has 0 bridgehead atoms. The van der Waals surface area contributed by atoms with E-state index in [-0.39, 0.29) is 0 Å². The van der Waals surface area contributed by atoms with Gasteiger partial charge in [-0.25, -0.2) is 4.98 Å². The highest BCUT2D eigenvalue weighted by Gasteiger charge is 2.26. The molecule has 14 heavy (non-hydrogen) atoms. The van der Waals surface area contributed by atoms with Gasteiger partial charge in [-0.05, 0) is 32.0 Å². The van der Waals surface area contributed by atoms with Gasteiger partial charge in [0.25, 0.3) is 0 Å². The van der Waals surface area contributed by atoms with E-state index in [1.807, 2.05) is 6.07 Å². The van der Waals surface area contributed by atoms with Crippen LogP contribution in [0.2, 0.25) is 5.15 Å². The summed E-state index contributed by atoms with van der Waals surface area (Å²) in [4.78, 5) is 6.59. The molecule has 1 aromatic rings. The highest BCUT2D eigenvalue weighted by Crippen LogP contribution is 2.34. The van der Waals surface area contributed by atoms with E-state index >= 15 is 0 Å². The molecule has 1 atom stereocenters. The Bertz CT molecular complexity index is 314. The van der Waals surface area contributed by atoms with E-state index in [1.54, 1.807) is 6.20 Å². The lowest BCUT2D eigenvalue weighted by atomic mass is 10.1. The van der Waals surface area contributed by atoms with Gasteiger partial charge in [0.2, 0.25) is 0 Å². The molecular formula is C11H15ClN2. The van der Waals surface area contributed by atoms with E-state index in [1.165, 1.54) is 24.9 Å². The second-order valence-corrected chi connectivity index (χ2v) is 4.03. The third kappa shape index (κ3) is 1.77. The molecule has 0 spiro atoms. The van der Waals surface area contributed by atoms with Gasteiger partial charge in [0.1, 0.15) is 5.15 Å². The third-order valence-electron chi connectivity index (χ3n) is 2.92. The summed E-state index contributed by atoms with van der Waals surface area (Å²) in [6.07, 6.45) is 4.22. The van der Waals surface area contributed by atoms with Crippen molar-refractivity contribution in [1.82, 2.24) is 9.88 Å². The number of rotatable bonds is 2. The molecule has 1 aliphatic heterocycles. The van der Waals surface area contributed by atoms with E-state index < -0.39 is 0 Å². The van der Waals surface area contributed by atoms with Crippen LogP contribution in [-0.2, 0) is 0 Å². The molecule has 1 aliphatic rings. The Labute approximate surface area is 89.9 Å². The zero-order valence-corrected chi connectivity index (χ0v) is 9.17. The lowest BCUT2D eigenvalue weighted by molar-refractivity contribution is 0.271. The lowest BCUT2D eigenvalue weighted by Crippen LogP contribution is -2.22. The number of halogens is 1. The van der Waals surface area contributed by atoms with Crippen LogP contribution in [0.3, 0.4) is 0 Å². The Morgan fingerprint density at radius 2 is 2.50 bits per heavy atom. The Morgan fingerprint density at radius 1 is 1.64 bits per heavy atom. The largest absolute Gasteiger partial charge is 0.296 e. The molecule has 1 saturated heterocycles. The number of aromatic nitrogens is 1. The maximum Gasteiger partial charge on any atom is 0.133 e. The number of pyridine rings is 1. The molecule has 1 fully saturated rings. The van der Waals surface area contributed by atoms with Gasteiger partial charge in [0.15, 0.2) is 0 Å². The summed E-state index contributed by atoms with van der Waals surface area (Å²) < 4.78 is 0. The molecule has 76 valence electrons. The van der Waals surface area contributed by atoms with Crippen molar-refractivity contribution < 1.29 is 0 Å². The van der Waals surface area contributed by atoms with Gasteiger partial charge >= 0.3 is 0 Å². The smallest absolute Gasteiger partial charge is 0.133 e. The molecule has 2 rings (SSSR count). The minimum absolute atomic E-state index is 0.487. The van der Waals surface area contributed by atoms with Crippen molar-refractivity contribution in [3.05, 3.63) is 29.0 Å². The van der Waals surface area contributed by atoms with Crippen molar-refractivity contribution >= 4 is 11.6 Å². The average Bonchev–Trinajstić information content (AvgIpc) is 2.66. The molecule has 1 unspecified atom stereocenters. The molecule has 0 amide bonds. The maximum absolute atomic E-state index is 6.09. The minimum atomic E-state index is 0.487. The normalized spacial score (nSPS) is 22.9. The van der Waals surface area contributed by atoms with Crippen LogP contribution in [0.5, 0.6) is 0 Å². The van der Waals surface area contributed by atoms with E-state index in [4.69, 9.17) is 11.6 Å². The Hall–Kier alpha value is -0.600. The predicted octanol–water partition coefficient (Wildman–Crippen LogP) is 2.89. The fraction of sp³-hybridized carbons (Fsp3) is 0.545. The van der Waals surface area contributed by atoms with Gasteiger partial charge in [-0.1, -0.05) is 24.6 Å². The number of hydrogen-bond acceptors (Lipinski definition) is 2. The van der Waals surface area contributed by atoms with Gasteiger partial charge in [0.05, 0.1) is 0 Å². The Morgan fingerprint density at radius 3 is 3.21 bits per heavy atom. The van der Waals surface area contributed by atoms with Crippen molar-refractivity contribution in [1.29, 1.82) is 0 Å². The number of likely N-dealkylation sites (tertiary alicyclic amines) is 1. The van der Waals surface area contributed by atoms with E-state index in [0.717, 1.165) is 6.54 Å². The minimum Gasteiger partial charge on any atom is -0.296 e. The molecule has 0 aromatic carbocycles. The van der Waals surface area contributed by atoms with Gasteiger partial charge in [0, 0.05) is 17.8 Å². The van der Waals surface area contributed by atoms with Crippen LogP contribution in [0.1, 0.15) is 31.4 Å². The molecule has 1 aromatic heterocycles.